The molecule has 1 aliphatic heterocycles. The molecule has 0 aromatic heterocycles. The summed E-state index contributed by atoms with van der Waals surface area (Å²) >= 11 is -1.55. The van der Waals surface area contributed by atoms with E-state index in [1.807, 2.05) is 0 Å². The van der Waals surface area contributed by atoms with Crippen molar-refractivity contribution >= 4 is 29.2 Å². The van der Waals surface area contributed by atoms with Crippen molar-refractivity contribution in [1.29, 1.82) is 0 Å². The molecule has 0 spiro atoms. The Balaban J connectivity index is 1.41. The molecule has 290 valence electrons. The van der Waals surface area contributed by atoms with Crippen LogP contribution in [0.3, 0.4) is 0 Å². The van der Waals surface area contributed by atoms with Crippen molar-refractivity contribution in [3.8, 4) is 11.5 Å². The fourth-order valence-electron chi connectivity index (χ4n) is 7.15. The van der Waals surface area contributed by atoms with Crippen LogP contribution in [0, 0.1) is 6.92 Å². The number of aliphatic hydroxyl groups excluding tert-OH is 2. The SMILES string of the molecule is CN/N=C(\CO)C1(O)Cc2c(O)c3c(c(O)c2C([I-]OC2CC(NCCCC(OC(C)=O)OC(C)=O)C(O)C(C)O2)C1)C(=O)c1c(C)cccc1C3=O. The van der Waals surface area contributed by atoms with Crippen molar-refractivity contribution in [1.82, 2.24) is 10.7 Å². The summed E-state index contributed by atoms with van der Waals surface area (Å²) in [5, 5.41) is 63.9. The van der Waals surface area contributed by atoms with Crippen LogP contribution in [0.15, 0.2) is 23.3 Å². The van der Waals surface area contributed by atoms with Gasteiger partial charge in [0.15, 0.2) is 0 Å². The number of ketones is 2. The molecule has 0 radical (unpaired) electrons. The number of aryl methyl sites for hydroxylation is 1. The van der Waals surface area contributed by atoms with Gasteiger partial charge in [0, 0.05) is 0 Å². The number of halogens is 1. The van der Waals surface area contributed by atoms with E-state index >= 15 is 0 Å². The van der Waals surface area contributed by atoms with E-state index in [4.69, 9.17) is 17.3 Å². The fourth-order valence-corrected chi connectivity index (χ4v) is 9.99. The summed E-state index contributed by atoms with van der Waals surface area (Å²) in [6.07, 6.45) is -3.07. The van der Waals surface area contributed by atoms with Gasteiger partial charge in [0.2, 0.25) is 0 Å². The molecule has 5 rings (SSSR count). The zero-order chi connectivity index (χ0) is 38.8. The number of carbonyl (C=O) groups is 4. The molecular formula is C36H45IN3O13-. The Bertz CT molecular complexity index is 1790. The second-order valence-electron chi connectivity index (χ2n) is 13.3. The molecule has 7 N–H and O–H groups in total. The maximum atomic E-state index is 13.9. The minimum absolute atomic E-state index is 0.0338. The number of hydrazone groups is 1. The number of benzene rings is 2. The van der Waals surface area contributed by atoms with Crippen LogP contribution in [0.5, 0.6) is 11.5 Å². The van der Waals surface area contributed by atoms with Gasteiger partial charge in [0.1, 0.15) is 0 Å². The van der Waals surface area contributed by atoms with E-state index in [1.165, 1.54) is 27.0 Å². The Labute approximate surface area is 316 Å². The molecule has 53 heavy (non-hydrogen) atoms. The Morgan fingerprint density at radius 1 is 1.09 bits per heavy atom. The van der Waals surface area contributed by atoms with E-state index in [9.17, 15) is 44.7 Å². The summed E-state index contributed by atoms with van der Waals surface area (Å²) in [6, 6.07) is 4.29. The van der Waals surface area contributed by atoms with E-state index in [-0.39, 0.29) is 64.8 Å². The third-order valence-corrected chi connectivity index (χ3v) is 12.1. The number of nitrogens with zero attached hydrogens (tertiary/aromatic N) is 1. The van der Waals surface area contributed by atoms with Gasteiger partial charge in [0.25, 0.3) is 0 Å². The van der Waals surface area contributed by atoms with Gasteiger partial charge in [-0.05, 0) is 0 Å². The van der Waals surface area contributed by atoms with Gasteiger partial charge in [-0.3, -0.25) is 0 Å². The van der Waals surface area contributed by atoms with Crippen molar-refractivity contribution in [3.05, 3.63) is 57.1 Å². The summed E-state index contributed by atoms with van der Waals surface area (Å²) in [4.78, 5) is 50.5. The molecule has 2 aromatic carbocycles. The zero-order valence-electron chi connectivity index (χ0n) is 30.0. The van der Waals surface area contributed by atoms with Crippen LogP contribution >= 0.6 is 0 Å². The van der Waals surface area contributed by atoms with Crippen LogP contribution in [0.2, 0.25) is 0 Å². The molecule has 6 atom stereocenters. The number of phenols is 2. The Hall–Kier alpha value is -3.72. The number of phenolic OH excluding ortho intramolecular Hbond substituents is 2. The number of aliphatic hydroxyl groups is 3. The number of nitrogens with one attached hydrogen (secondary N) is 2. The van der Waals surface area contributed by atoms with Crippen LogP contribution in [0.25, 0.3) is 0 Å². The molecule has 0 amide bonds. The number of aromatic hydroxyl groups is 2. The number of rotatable bonds is 13. The number of fused-ring (bicyclic) bond motifs is 3. The second-order valence-corrected chi connectivity index (χ2v) is 15.9. The fraction of sp³-hybridized carbons (Fsp3) is 0.528. The van der Waals surface area contributed by atoms with Gasteiger partial charge < -0.3 is 0 Å². The quantitative estimate of drug-likeness (QED) is 0.0146. The average molecular weight is 855 g/mol. The topological polar surface area (TPSA) is 243 Å². The van der Waals surface area contributed by atoms with Crippen molar-refractivity contribution in [2.24, 2.45) is 5.10 Å². The minimum atomic E-state index is -1.84. The van der Waals surface area contributed by atoms with Crippen LogP contribution < -0.4 is 32.4 Å². The molecule has 1 heterocycles. The standard InChI is InChI=1S/C36H45IN3O13/c1-16-8-6-9-20-27(16)34(47)30-29(32(20)45)33(46)21-13-36(49,24(15-41)40-38-5)14-22(28(21)35(30)48)37-53-26-12-23(31(44)17(2)50-26)39-11-7-10-25(51-18(3)42)52-19(4)43/h6,8-9,17,22-23,25-26,31,38-39,41,44,46,48-49H,7,10-15H2,1-5H3/q-1/b40-24+. The third kappa shape index (κ3) is 8.35. The predicted octanol–water partition coefficient (Wildman–Crippen LogP) is -1.83. The number of ether oxygens (including phenoxy) is 3. The second kappa shape index (κ2) is 16.7. The number of esters is 2. The van der Waals surface area contributed by atoms with E-state index < -0.39 is 104 Å². The summed E-state index contributed by atoms with van der Waals surface area (Å²) in [5.41, 5.74) is 0.946. The van der Waals surface area contributed by atoms with E-state index in [2.05, 4.69) is 15.8 Å². The molecule has 2 aromatic rings. The molecule has 0 saturated carbocycles. The monoisotopic (exact) mass is 854 g/mol. The number of carbonyl (C=O) groups excluding carboxylic acids is 4. The summed E-state index contributed by atoms with van der Waals surface area (Å²) in [7, 11) is 1.49. The van der Waals surface area contributed by atoms with Crippen LogP contribution in [0.1, 0.15) is 98.9 Å². The van der Waals surface area contributed by atoms with Crippen LogP contribution in [-0.2, 0) is 33.3 Å². The molecular weight excluding hydrogens is 809 g/mol. The predicted molar refractivity (Wildman–Crippen MR) is 182 cm³/mol. The molecule has 1 fully saturated rings. The molecule has 3 aliphatic rings. The Morgan fingerprint density at radius 2 is 1.77 bits per heavy atom. The van der Waals surface area contributed by atoms with E-state index in [0.717, 1.165) is 0 Å². The van der Waals surface area contributed by atoms with Crippen molar-refractivity contribution < 1.29 is 83.6 Å². The van der Waals surface area contributed by atoms with Crippen LogP contribution in [0.4, 0.5) is 0 Å². The summed E-state index contributed by atoms with van der Waals surface area (Å²) in [6.45, 7) is 5.50. The first-order valence-electron chi connectivity index (χ1n) is 17.2. The van der Waals surface area contributed by atoms with Gasteiger partial charge in [-0.25, -0.2) is 0 Å². The third-order valence-electron chi connectivity index (χ3n) is 9.60. The summed E-state index contributed by atoms with van der Waals surface area (Å²) in [5.74, 6) is -3.48. The molecule has 17 heteroatoms. The molecule has 16 nitrogen and oxygen atoms in total. The van der Waals surface area contributed by atoms with Crippen LogP contribution in [-0.4, -0.2) is 111 Å². The van der Waals surface area contributed by atoms with Crippen molar-refractivity contribution in [3.63, 3.8) is 0 Å². The zero-order valence-corrected chi connectivity index (χ0v) is 32.1. The Morgan fingerprint density at radius 3 is 2.42 bits per heavy atom. The normalized spacial score (nSPS) is 25.5. The maximum absolute atomic E-state index is 13.9. The first-order valence-corrected chi connectivity index (χ1v) is 19.3. The number of alkyl halides is 1. The molecule has 6 unspecified atom stereocenters. The van der Waals surface area contributed by atoms with Gasteiger partial charge in [-0.2, -0.15) is 0 Å². The molecule has 1 saturated heterocycles. The number of hydrogen-bond acceptors (Lipinski definition) is 16. The van der Waals surface area contributed by atoms with Crippen molar-refractivity contribution in [2.75, 3.05) is 20.2 Å². The average Bonchev–Trinajstić information content (AvgIpc) is 3.09. The first kappa shape index (κ1) is 40.5. The summed E-state index contributed by atoms with van der Waals surface area (Å²) < 4.78 is 21.6. The van der Waals surface area contributed by atoms with Gasteiger partial charge >= 0.3 is 318 Å². The Kier molecular flexibility index (Phi) is 12.8. The van der Waals surface area contributed by atoms with Gasteiger partial charge in [-0.15, -0.1) is 0 Å². The molecule has 2 aliphatic carbocycles. The van der Waals surface area contributed by atoms with E-state index in [0.29, 0.717) is 18.5 Å². The van der Waals surface area contributed by atoms with E-state index in [1.54, 1.807) is 26.0 Å². The number of hydrogen-bond donors (Lipinski definition) is 7. The van der Waals surface area contributed by atoms with Gasteiger partial charge in [-0.1, -0.05) is 0 Å². The first-order chi connectivity index (χ1) is 25.1. The van der Waals surface area contributed by atoms with Crippen molar-refractivity contribution in [2.45, 2.75) is 100 Å². The van der Waals surface area contributed by atoms with Gasteiger partial charge in [0.05, 0.1) is 0 Å². The molecule has 0 bridgehead atoms.